The average molecular weight is 427 g/mol. The lowest BCUT2D eigenvalue weighted by molar-refractivity contribution is 0.281. The lowest BCUT2D eigenvalue weighted by Crippen LogP contribution is -2.28. The van der Waals surface area contributed by atoms with Gasteiger partial charge in [-0.15, -0.1) is 0 Å². The highest BCUT2D eigenvalue weighted by atomic mass is 16.5. The molecule has 1 saturated heterocycles. The summed E-state index contributed by atoms with van der Waals surface area (Å²) >= 11 is 0. The van der Waals surface area contributed by atoms with Crippen molar-refractivity contribution in [3.8, 4) is 28.1 Å². The lowest BCUT2D eigenvalue weighted by Gasteiger charge is -2.20. The predicted molar refractivity (Wildman–Crippen MR) is 130 cm³/mol. The molecular formula is C27H30N4O. The van der Waals surface area contributed by atoms with E-state index in [-0.39, 0.29) is 0 Å². The minimum atomic E-state index is 0.861. The van der Waals surface area contributed by atoms with Gasteiger partial charge in [0.1, 0.15) is 11.4 Å². The molecule has 164 valence electrons. The maximum Gasteiger partial charge on any atom is 0.137 e. The molecule has 5 rings (SSSR count). The second-order valence-corrected chi connectivity index (χ2v) is 8.53. The standard InChI is InChI=1S/C27H30N4O/c1-20-5-3-6-22(17-20)23-9-12-26-29-27(21-7-10-24(32-2)11-8-21)25(31(26)18-23)19-30-15-4-13-28-14-16-30/h3,5-12,17-18,28H,4,13-16,19H2,1-2H3. The van der Waals surface area contributed by atoms with Crippen LogP contribution in [0.3, 0.4) is 0 Å². The van der Waals surface area contributed by atoms with Crippen molar-refractivity contribution >= 4 is 5.65 Å². The van der Waals surface area contributed by atoms with E-state index < -0.39 is 0 Å². The first-order valence-electron chi connectivity index (χ1n) is 11.4. The van der Waals surface area contributed by atoms with Gasteiger partial charge in [-0.05, 0) is 74.0 Å². The van der Waals surface area contributed by atoms with Crippen molar-refractivity contribution in [3.05, 3.63) is 78.1 Å². The molecule has 0 bridgehead atoms. The van der Waals surface area contributed by atoms with E-state index in [1.807, 2.05) is 12.1 Å². The fraction of sp³-hybridized carbons (Fsp3) is 0.296. The summed E-state index contributed by atoms with van der Waals surface area (Å²) in [5.41, 5.74) is 8.09. The van der Waals surface area contributed by atoms with Crippen molar-refractivity contribution in [1.29, 1.82) is 0 Å². The Balaban J connectivity index is 1.62. The number of methoxy groups -OCH3 is 1. The van der Waals surface area contributed by atoms with E-state index in [0.29, 0.717) is 0 Å². The number of nitrogens with zero attached hydrogens (tertiary/aromatic N) is 3. The highest BCUT2D eigenvalue weighted by molar-refractivity contribution is 5.70. The molecule has 0 aliphatic carbocycles. The number of aryl methyl sites for hydroxylation is 1. The summed E-state index contributed by atoms with van der Waals surface area (Å²) in [6, 6.07) is 21.2. The van der Waals surface area contributed by atoms with E-state index in [2.05, 4.69) is 76.3 Å². The second kappa shape index (κ2) is 9.15. The zero-order chi connectivity index (χ0) is 21.9. The largest absolute Gasteiger partial charge is 0.497 e. The van der Waals surface area contributed by atoms with Gasteiger partial charge in [-0.1, -0.05) is 29.8 Å². The van der Waals surface area contributed by atoms with Gasteiger partial charge in [0.15, 0.2) is 0 Å². The van der Waals surface area contributed by atoms with Crippen molar-refractivity contribution in [2.24, 2.45) is 0 Å². The first-order chi connectivity index (χ1) is 15.7. The molecule has 32 heavy (non-hydrogen) atoms. The Bertz CT molecular complexity index is 1200. The van der Waals surface area contributed by atoms with Gasteiger partial charge in [0, 0.05) is 31.4 Å². The minimum absolute atomic E-state index is 0.861. The van der Waals surface area contributed by atoms with Gasteiger partial charge in [-0.2, -0.15) is 0 Å². The molecule has 3 heterocycles. The number of hydrogen-bond acceptors (Lipinski definition) is 4. The second-order valence-electron chi connectivity index (χ2n) is 8.53. The smallest absolute Gasteiger partial charge is 0.137 e. The molecule has 0 amide bonds. The molecule has 2 aromatic carbocycles. The Morgan fingerprint density at radius 2 is 1.78 bits per heavy atom. The van der Waals surface area contributed by atoms with Crippen LogP contribution in [0.25, 0.3) is 28.0 Å². The number of rotatable bonds is 5. The van der Waals surface area contributed by atoms with Crippen LogP contribution in [0.1, 0.15) is 17.7 Å². The molecule has 4 aromatic rings. The Kier molecular flexibility index (Phi) is 5.93. The topological polar surface area (TPSA) is 41.8 Å². The molecule has 1 aliphatic heterocycles. The van der Waals surface area contributed by atoms with E-state index in [1.165, 1.54) is 28.8 Å². The maximum atomic E-state index is 5.36. The monoisotopic (exact) mass is 426 g/mol. The summed E-state index contributed by atoms with van der Waals surface area (Å²) < 4.78 is 7.65. The number of hydrogen-bond donors (Lipinski definition) is 1. The molecule has 0 atom stereocenters. The van der Waals surface area contributed by atoms with Crippen molar-refractivity contribution in [2.75, 3.05) is 33.3 Å². The van der Waals surface area contributed by atoms with Gasteiger partial charge in [0.2, 0.25) is 0 Å². The van der Waals surface area contributed by atoms with E-state index in [4.69, 9.17) is 9.72 Å². The molecule has 0 spiro atoms. The molecule has 5 nitrogen and oxygen atoms in total. The molecule has 0 radical (unpaired) electrons. The van der Waals surface area contributed by atoms with Crippen LogP contribution in [0.15, 0.2) is 66.9 Å². The molecule has 1 fully saturated rings. The molecule has 1 aliphatic rings. The normalized spacial score (nSPS) is 15.1. The maximum absolute atomic E-state index is 5.36. The molecule has 0 unspecified atom stereocenters. The lowest BCUT2D eigenvalue weighted by atomic mass is 10.1. The molecular weight excluding hydrogens is 396 g/mol. The highest BCUT2D eigenvalue weighted by Gasteiger charge is 2.19. The number of fused-ring (bicyclic) bond motifs is 1. The van der Waals surface area contributed by atoms with Crippen LogP contribution in [0, 0.1) is 6.92 Å². The van der Waals surface area contributed by atoms with Crippen LogP contribution in [0.2, 0.25) is 0 Å². The summed E-state index contributed by atoms with van der Waals surface area (Å²) in [5, 5.41) is 3.51. The number of nitrogens with one attached hydrogen (secondary N) is 1. The quantitative estimate of drug-likeness (QED) is 0.499. The third kappa shape index (κ3) is 4.27. The fourth-order valence-electron chi connectivity index (χ4n) is 4.49. The number of aromatic nitrogens is 2. The average Bonchev–Trinajstić information content (AvgIpc) is 2.98. The third-order valence-electron chi connectivity index (χ3n) is 6.24. The Hall–Kier alpha value is -3.15. The van der Waals surface area contributed by atoms with Gasteiger partial charge in [-0.25, -0.2) is 4.98 Å². The number of ether oxygens (including phenoxy) is 1. The van der Waals surface area contributed by atoms with Crippen molar-refractivity contribution < 1.29 is 4.74 Å². The first kappa shape index (κ1) is 20.7. The number of imidazole rings is 1. The van der Waals surface area contributed by atoms with Gasteiger partial charge < -0.3 is 14.5 Å². The van der Waals surface area contributed by atoms with E-state index in [9.17, 15) is 0 Å². The predicted octanol–water partition coefficient (Wildman–Crippen LogP) is 4.78. The summed E-state index contributed by atoms with van der Waals surface area (Å²) in [6.07, 6.45) is 3.42. The van der Waals surface area contributed by atoms with Gasteiger partial charge in [-0.3, -0.25) is 4.90 Å². The Morgan fingerprint density at radius 1 is 0.938 bits per heavy atom. The highest BCUT2D eigenvalue weighted by Crippen LogP contribution is 2.30. The van der Waals surface area contributed by atoms with Crippen molar-refractivity contribution in [2.45, 2.75) is 19.9 Å². The van der Waals surface area contributed by atoms with Crippen LogP contribution < -0.4 is 10.1 Å². The third-order valence-corrected chi connectivity index (χ3v) is 6.24. The van der Waals surface area contributed by atoms with E-state index >= 15 is 0 Å². The van der Waals surface area contributed by atoms with Crippen molar-refractivity contribution in [3.63, 3.8) is 0 Å². The van der Waals surface area contributed by atoms with Gasteiger partial charge >= 0.3 is 0 Å². The molecule has 2 aromatic heterocycles. The van der Waals surface area contributed by atoms with E-state index in [0.717, 1.165) is 55.4 Å². The summed E-state index contributed by atoms with van der Waals surface area (Å²) in [5.74, 6) is 0.861. The van der Waals surface area contributed by atoms with E-state index in [1.54, 1.807) is 7.11 Å². The first-order valence-corrected chi connectivity index (χ1v) is 11.4. The summed E-state index contributed by atoms with van der Waals surface area (Å²) in [6.45, 7) is 7.28. The van der Waals surface area contributed by atoms with Crippen LogP contribution in [0.5, 0.6) is 5.75 Å². The number of pyridine rings is 1. The molecule has 1 N–H and O–H groups in total. The molecule has 5 heteroatoms. The van der Waals surface area contributed by atoms with Gasteiger partial charge in [0.25, 0.3) is 0 Å². The van der Waals surface area contributed by atoms with Crippen LogP contribution in [-0.4, -0.2) is 47.6 Å². The number of benzene rings is 2. The van der Waals surface area contributed by atoms with Crippen LogP contribution >= 0.6 is 0 Å². The summed E-state index contributed by atoms with van der Waals surface area (Å²) in [7, 11) is 1.70. The summed E-state index contributed by atoms with van der Waals surface area (Å²) in [4.78, 5) is 7.60. The van der Waals surface area contributed by atoms with Gasteiger partial charge in [0.05, 0.1) is 18.5 Å². The molecule has 0 saturated carbocycles. The zero-order valence-corrected chi connectivity index (χ0v) is 18.8. The fourth-order valence-corrected chi connectivity index (χ4v) is 4.49. The van der Waals surface area contributed by atoms with Crippen molar-refractivity contribution in [1.82, 2.24) is 19.6 Å². The van der Waals surface area contributed by atoms with Crippen LogP contribution in [0.4, 0.5) is 0 Å². The SMILES string of the molecule is COc1ccc(-c2nc3ccc(-c4cccc(C)c4)cn3c2CN2CCCNCC2)cc1. The Morgan fingerprint density at radius 3 is 2.59 bits per heavy atom. The zero-order valence-electron chi connectivity index (χ0n) is 18.8. The Labute approximate surface area is 189 Å². The minimum Gasteiger partial charge on any atom is -0.497 e. The van der Waals surface area contributed by atoms with Crippen LogP contribution in [-0.2, 0) is 6.54 Å².